The second kappa shape index (κ2) is 6.69. The standard InChI is InChI=1S/C22H21N3O5/c1-10-8-9-13(30-10)19(22(2,3)4)24-16-15(17(26)18(16)27)23-12-7-5-6-11-14(12)21(29)25-20(11)28/h5-9,19,23-24H,1-4H3,(H,25,28,29)/t19-/m0/s1. The molecule has 1 aliphatic rings. The van der Waals surface area contributed by atoms with Crippen LogP contribution in [0.1, 0.15) is 59.0 Å². The van der Waals surface area contributed by atoms with Gasteiger partial charge in [0.15, 0.2) is 0 Å². The van der Waals surface area contributed by atoms with Gasteiger partial charge in [0.05, 0.1) is 22.9 Å². The predicted molar refractivity (Wildman–Crippen MR) is 112 cm³/mol. The Kier molecular flexibility index (Phi) is 4.38. The van der Waals surface area contributed by atoms with E-state index in [1.165, 1.54) is 6.07 Å². The molecule has 0 saturated carbocycles. The third kappa shape index (κ3) is 3.10. The molecule has 3 N–H and O–H groups in total. The highest BCUT2D eigenvalue weighted by Crippen LogP contribution is 2.38. The van der Waals surface area contributed by atoms with Crippen molar-refractivity contribution in [3.8, 4) is 0 Å². The van der Waals surface area contributed by atoms with Gasteiger partial charge in [-0.3, -0.25) is 24.5 Å². The molecule has 2 amide bonds. The van der Waals surface area contributed by atoms with Crippen LogP contribution in [0.3, 0.4) is 0 Å². The summed E-state index contributed by atoms with van der Waals surface area (Å²) >= 11 is 0. The molecule has 0 bridgehead atoms. The first kappa shape index (κ1) is 19.6. The zero-order chi connectivity index (χ0) is 21.8. The first-order valence-corrected chi connectivity index (χ1v) is 9.50. The van der Waals surface area contributed by atoms with E-state index in [1.54, 1.807) is 12.1 Å². The average molecular weight is 407 g/mol. The molecular weight excluding hydrogens is 386 g/mol. The van der Waals surface area contributed by atoms with E-state index in [0.717, 1.165) is 5.76 Å². The smallest absolute Gasteiger partial charge is 0.261 e. The van der Waals surface area contributed by atoms with Crippen molar-refractivity contribution in [2.45, 2.75) is 33.7 Å². The van der Waals surface area contributed by atoms with E-state index < -0.39 is 22.7 Å². The average Bonchev–Trinajstić information content (AvgIpc) is 3.23. The molecule has 1 aliphatic heterocycles. The number of aryl methyl sites for hydroxylation is 1. The summed E-state index contributed by atoms with van der Waals surface area (Å²) in [4.78, 5) is 48.6. The maximum absolute atomic E-state index is 12.3. The van der Waals surface area contributed by atoms with Crippen LogP contribution >= 0.6 is 0 Å². The summed E-state index contributed by atoms with van der Waals surface area (Å²) in [7, 11) is 0. The monoisotopic (exact) mass is 407 g/mol. The Labute approximate surface area is 172 Å². The van der Waals surface area contributed by atoms with Gasteiger partial charge in [-0.15, -0.1) is 0 Å². The van der Waals surface area contributed by atoms with Gasteiger partial charge in [0.1, 0.15) is 22.9 Å². The summed E-state index contributed by atoms with van der Waals surface area (Å²) in [6, 6.07) is 7.99. The van der Waals surface area contributed by atoms with Gasteiger partial charge in [0.25, 0.3) is 22.7 Å². The summed E-state index contributed by atoms with van der Waals surface area (Å²) in [5.41, 5.74) is -0.845. The van der Waals surface area contributed by atoms with Crippen molar-refractivity contribution in [3.63, 3.8) is 0 Å². The van der Waals surface area contributed by atoms with Crippen molar-refractivity contribution in [1.29, 1.82) is 0 Å². The van der Waals surface area contributed by atoms with E-state index in [0.29, 0.717) is 5.76 Å². The summed E-state index contributed by atoms with van der Waals surface area (Å²) in [5.74, 6) is 0.331. The molecule has 0 saturated heterocycles. The number of fused-ring (bicyclic) bond motifs is 1. The zero-order valence-corrected chi connectivity index (χ0v) is 17.0. The quantitative estimate of drug-likeness (QED) is 0.440. The Morgan fingerprint density at radius 3 is 2.27 bits per heavy atom. The normalized spacial score (nSPS) is 14.5. The van der Waals surface area contributed by atoms with Crippen molar-refractivity contribution in [2.75, 3.05) is 10.6 Å². The third-order valence-electron chi connectivity index (χ3n) is 5.13. The number of carbonyl (C=O) groups is 2. The number of nitrogens with one attached hydrogen (secondary N) is 3. The number of rotatable bonds is 5. The number of furan rings is 1. The summed E-state index contributed by atoms with van der Waals surface area (Å²) in [6.07, 6.45) is 0. The van der Waals surface area contributed by atoms with Crippen molar-refractivity contribution in [1.82, 2.24) is 5.32 Å². The summed E-state index contributed by atoms with van der Waals surface area (Å²) in [6.45, 7) is 7.79. The molecule has 154 valence electrons. The number of hydrogen-bond donors (Lipinski definition) is 3. The molecule has 3 aromatic rings. The second-order valence-electron chi connectivity index (χ2n) is 8.44. The summed E-state index contributed by atoms with van der Waals surface area (Å²) in [5, 5.41) is 8.25. The van der Waals surface area contributed by atoms with Gasteiger partial charge in [-0.2, -0.15) is 0 Å². The Morgan fingerprint density at radius 2 is 1.63 bits per heavy atom. The molecule has 4 rings (SSSR count). The molecule has 0 aliphatic carbocycles. The lowest BCUT2D eigenvalue weighted by atomic mass is 9.85. The van der Waals surface area contributed by atoms with E-state index >= 15 is 0 Å². The van der Waals surface area contributed by atoms with Crippen molar-refractivity contribution in [3.05, 3.63) is 73.4 Å². The lowest BCUT2D eigenvalue weighted by Crippen LogP contribution is -2.39. The zero-order valence-electron chi connectivity index (χ0n) is 17.0. The van der Waals surface area contributed by atoms with Gasteiger partial charge in [-0.1, -0.05) is 26.8 Å². The van der Waals surface area contributed by atoms with Gasteiger partial charge < -0.3 is 15.1 Å². The highest BCUT2D eigenvalue weighted by molar-refractivity contribution is 6.24. The maximum atomic E-state index is 12.3. The number of hydrogen-bond acceptors (Lipinski definition) is 7. The molecule has 2 heterocycles. The fourth-order valence-corrected chi connectivity index (χ4v) is 3.57. The van der Waals surface area contributed by atoms with Crippen LogP contribution < -0.4 is 26.8 Å². The van der Waals surface area contributed by atoms with Crippen LogP contribution in [0.5, 0.6) is 0 Å². The van der Waals surface area contributed by atoms with Gasteiger partial charge in [-0.05, 0) is 36.6 Å². The van der Waals surface area contributed by atoms with Gasteiger partial charge in [0.2, 0.25) is 0 Å². The SMILES string of the molecule is Cc1ccc([C@H](Nc2c(Nc3cccc4c3C(=O)NC4=O)c(=O)c2=O)C(C)(C)C)o1. The van der Waals surface area contributed by atoms with Gasteiger partial charge in [-0.25, -0.2) is 0 Å². The third-order valence-corrected chi connectivity index (χ3v) is 5.13. The molecule has 1 atom stereocenters. The molecule has 8 nitrogen and oxygen atoms in total. The van der Waals surface area contributed by atoms with Crippen molar-refractivity contribution >= 4 is 28.9 Å². The number of benzene rings is 1. The highest BCUT2D eigenvalue weighted by Gasteiger charge is 2.34. The molecule has 0 fully saturated rings. The molecule has 8 heteroatoms. The second-order valence-corrected chi connectivity index (χ2v) is 8.44. The van der Waals surface area contributed by atoms with E-state index in [9.17, 15) is 19.2 Å². The molecular formula is C22H21N3O5. The van der Waals surface area contributed by atoms with Crippen molar-refractivity contribution in [2.24, 2.45) is 5.41 Å². The van der Waals surface area contributed by atoms with Crippen LogP contribution in [0, 0.1) is 12.3 Å². The minimum atomic E-state index is -0.692. The van der Waals surface area contributed by atoms with E-state index in [-0.39, 0.29) is 39.6 Å². The van der Waals surface area contributed by atoms with E-state index in [2.05, 4.69) is 16.0 Å². The van der Waals surface area contributed by atoms with E-state index in [4.69, 9.17) is 4.42 Å². The molecule has 2 aromatic carbocycles. The fourth-order valence-electron chi connectivity index (χ4n) is 3.57. The van der Waals surface area contributed by atoms with Gasteiger partial charge >= 0.3 is 0 Å². The van der Waals surface area contributed by atoms with Crippen LogP contribution in [0.25, 0.3) is 0 Å². The topological polar surface area (TPSA) is 118 Å². The number of imide groups is 1. The molecule has 1 aromatic heterocycles. The number of carbonyl (C=O) groups excluding carboxylic acids is 2. The molecule has 0 spiro atoms. The Bertz CT molecular complexity index is 1250. The molecule has 0 unspecified atom stereocenters. The first-order chi connectivity index (χ1) is 14.1. The number of anilines is 3. The molecule has 0 radical (unpaired) electrons. The van der Waals surface area contributed by atoms with E-state index in [1.807, 2.05) is 39.8 Å². The highest BCUT2D eigenvalue weighted by atomic mass is 16.3. The van der Waals surface area contributed by atoms with Crippen LogP contribution in [-0.2, 0) is 0 Å². The maximum Gasteiger partial charge on any atom is 0.261 e. The predicted octanol–water partition coefficient (Wildman–Crippen LogP) is 3.01. The largest absolute Gasteiger partial charge is 0.464 e. The lowest BCUT2D eigenvalue weighted by Gasteiger charge is -2.31. The Morgan fingerprint density at radius 1 is 0.933 bits per heavy atom. The van der Waals surface area contributed by atoms with Crippen LogP contribution in [0.4, 0.5) is 17.1 Å². The van der Waals surface area contributed by atoms with Crippen LogP contribution in [0.15, 0.2) is 44.3 Å². The number of amides is 2. The Hall–Kier alpha value is -3.68. The molecule has 30 heavy (non-hydrogen) atoms. The van der Waals surface area contributed by atoms with Crippen LogP contribution in [0.2, 0.25) is 0 Å². The minimum Gasteiger partial charge on any atom is -0.464 e. The summed E-state index contributed by atoms with van der Waals surface area (Å²) < 4.78 is 5.75. The Balaban J connectivity index is 1.71. The van der Waals surface area contributed by atoms with Crippen molar-refractivity contribution < 1.29 is 14.0 Å². The fraction of sp³-hybridized carbons (Fsp3) is 0.273. The minimum absolute atomic E-state index is 0.0538. The first-order valence-electron chi connectivity index (χ1n) is 9.50. The lowest BCUT2D eigenvalue weighted by molar-refractivity contribution is 0.0880. The van der Waals surface area contributed by atoms with Crippen LogP contribution in [-0.4, -0.2) is 11.8 Å². The van der Waals surface area contributed by atoms with Gasteiger partial charge in [0, 0.05) is 0 Å².